The molecule has 0 spiro atoms. The first-order chi connectivity index (χ1) is 10.3. The Morgan fingerprint density at radius 2 is 1.95 bits per heavy atom. The zero-order valence-electron chi connectivity index (χ0n) is 14.5. The van der Waals surface area contributed by atoms with Crippen LogP contribution in [0.3, 0.4) is 0 Å². The van der Waals surface area contributed by atoms with Gasteiger partial charge in [0.15, 0.2) is 5.75 Å². The number of pyridine rings is 1. The maximum absolute atomic E-state index is 12.0. The van der Waals surface area contributed by atoms with Gasteiger partial charge in [-0.15, -0.1) is 0 Å². The third-order valence-corrected chi connectivity index (χ3v) is 4.11. The molecule has 5 heteroatoms. The molecule has 22 heavy (non-hydrogen) atoms. The van der Waals surface area contributed by atoms with Crippen molar-refractivity contribution in [1.29, 1.82) is 0 Å². The molecule has 2 N–H and O–H groups in total. The van der Waals surface area contributed by atoms with Crippen molar-refractivity contribution in [3.63, 3.8) is 0 Å². The first-order valence-corrected chi connectivity index (χ1v) is 8.06. The molecule has 1 rings (SSSR count). The fraction of sp³-hybridized carbons (Fsp3) is 0.706. The van der Waals surface area contributed by atoms with Crippen LogP contribution in [0.4, 0.5) is 0 Å². The molecule has 1 aromatic rings. The van der Waals surface area contributed by atoms with Gasteiger partial charge in [0.2, 0.25) is 5.43 Å². The van der Waals surface area contributed by atoms with Gasteiger partial charge < -0.3 is 14.8 Å². The number of hydrogen-bond donors (Lipinski definition) is 2. The molecule has 5 nitrogen and oxygen atoms in total. The van der Waals surface area contributed by atoms with E-state index in [9.17, 15) is 15.0 Å². The maximum Gasteiger partial charge on any atom is 0.223 e. The topological polar surface area (TPSA) is 65.7 Å². The summed E-state index contributed by atoms with van der Waals surface area (Å²) in [7, 11) is 0. The highest BCUT2D eigenvalue weighted by atomic mass is 16.3. The molecule has 0 atom stereocenters. The Balaban J connectivity index is 3.34. The van der Waals surface area contributed by atoms with E-state index in [1.807, 2.05) is 25.3 Å². The molecule has 0 aliphatic carbocycles. The van der Waals surface area contributed by atoms with Gasteiger partial charge in [0, 0.05) is 18.3 Å². The Morgan fingerprint density at radius 3 is 2.45 bits per heavy atom. The number of aromatic nitrogens is 1. The SMILES string of the molecule is CCCCN(CC)Cc1c(O)c(=O)cc(C)n1C(C)(C)CO. The average Bonchev–Trinajstić information content (AvgIpc) is 2.47. The first-order valence-electron chi connectivity index (χ1n) is 8.06. The molecule has 0 radical (unpaired) electrons. The van der Waals surface area contributed by atoms with Crippen LogP contribution in [0.2, 0.25) is 0 Å². The van der Waals surface area contributed by atoms with Crippen molar-refractivity contribution in [2.45, 2.75) is 59.5 Å². The largest absolute Gasteiger partial charge is 0.503 e. The van der Waals surface area contributed by atoms with Crippen molar-refractivity contribution < 1.29 is 10.2 Å². The summed E-state index contributed by atoms with van der Waals surface area (Å²) in [6.45, 7) is 12.1. The van der Waals surface area contributed by atoms with E-state index < -0.39 is 5.54 Å². The van der Waals surface area contributed by atoms with Crippen molar-refractivity contribution in [3.8, 4) is 5.75 Å². The lowest BCUT2D eigenvalue weighted by molar-refractivity contribution is 0.151. The van der Waals surface area contributed by atoms with Crippen molar-refractivity contribution >= 4 is 0 Å². The second-order valence-electron chi connectivity index (χ2n) is 6.47. The Bertz CT molecular complexity index is 550. The van der Waals surface area contributed by atoms with Crippen molar-refractivity contribution in [2.24, 2.45) is 0 Å². The van der Waals surface area contributed by atoms with Crippen LogP contribution in [-0.2, 0) is 12.1 Å². The lowest BCUT2D eigenvalue weighted by atomic mass is 10.0. The molecule has 0 fully saturated rings. The minimum atomic E-state index is -0.575. The van der Waals surface area contributed by atoms with Crippen LogP contribution >= 0.6 is 0 Å². The van der Waals surface area contributed by atoms with E-state index in [0.29, 0.717) is 12.2 Å². The highest BCUT2D eigenvalue weighted by Gasteiger charge is 2.26. The average molecular weight is 310 g/mol. The van der Waals surface area contributed by atoms with E-state index in [0.717, 1.165) is 31.6 Å². The van der Waals surface area contributed by atoms with Crippen LogP contribution in [0.25, 0.3) is 0 Å². The van der Waals surface area contributed by atoms with Crippen molar-refractivity contribution in [1.82, 2.24) is 9.47 Å². The number of unbranched alkanes of at least 4 members (excludes halogenated alkanes) is 1. The van der Waals surface area contributed by atoms with Gasteiger partial charge in [-0.05, 0) is 40.3 Å². The summed E-state index contributed by atoms with van der Waals surface area (Å²) in [6.07, 6.45) is 2.18. The van der Waals surface area contributed by atoms with Crippen LogP contribution in [0, 0.1) is 6.92 Å². The Labute approximate surface area is 133 Å². The summed E-state index contributed by atoms with van der Waals surface area (Å²) in [4.78, 5) is 14.2. The smallest absolute Gasteiger partial charge is 0.223 e. The molecular weight excluding hydrogens is 280 g/mol. The van der Waals surface area contributed by atoms with Gasteiger partial charge in [0.25, 0.3) is 0 Å². The third kappa shape index (κ3) is 4.11. The number of aryl methyl sites for hydroxylation is 1. The van der Waals surface area contributed by atoms with Crippen LogP contribution in [-0.4, -0.2) is 39.4 Å². The standard InChI is InChI=1S/C17H30N2O3/c1-6-8-9-18(7-2)11-14-16(22)15(21)10-13(3)19(14)17(4,5)12-20/h10,20,22H,6-9,11-12H2,1-5H3. The second kappa shape index (κ2) is 7.79. The molecule has 0 aromatic carbocycles. The number of aromatic hydroxyl groups is 1. The summed E-state index contributed by atoms with van der Waals surface area (Å²) < 4.78 is 1.89. The highest BCUT2D eigenvalue weighted by Crippen LogP contribution is 2.25. The molecule has 0 unspecified atom stereocenters. The molecule has 0 aliphatic heterocycles. The molecule has 0 saturated carbocycles. The van der Waals surface area contributed by atoms with Crippen molar-refractivity contribution in [3.05, 3.63) is 27.7 Å². The normalized spacial score (nSPS) is 12.1. The molecular formula is C17H30N2O3. The summed E-state index contributed by atoms with van der Waals surface area (Å²) in [5.74, 6) is -0.206. The quantitative estimate of drug-likeness (QED) is 0.772. The van der Waals surface area contributed by atoms with Crippen LogP contribution in [0.15, 0.2) is 10.9 Å². The lowest BCUT2D eigenvalue weighted by Crippen LogP contribution is -2.37. The summed E-state index contributed by atoms with van der Waals surface area (Å²) in [5.41, 5.74) is 0.406. The number of aliphatic hydroxyl groups is 1. The molecule has 126 valence electrons. The Morgan fingerprint density at radius 1 is 1.32 bits per heavy atom. The number of rotatable bonds is 8. The predicted molar refractivity (Wildman–Crippen MR) is 89.4 cm³/mol. The molecule has 0 saturated heterocycles. The van der Waals surface area contributed by atoms with E-state index in [4.69, 9.17) is 0 Å². The van der Waals surface area contributed by atoms with E-state index in [1.54, 1.807) is 0 Å². The third-order valence-electron chi connectivity index (χ3n) is 4.11. The molecule has 0 bridgehead atoms. The predicted octanol–water partition coefficient (Wildman–Crippen LogP) is 2.21. The minimum absolute atomic E-state index is 0.0652. The molecule has 1 aromatic heterocycles. The number of aliphatic hydroxyl groups excluding tert-OH is 1. The molecule has 0 aliphatic rings. The van der Waals surface area contributed by atoms with E-state index in [2.05, 4.69) is 18.7 Å². The first kappa shape index (κ1) is 18.7. The number of hydrogen-bond acceptors (Lipinski definition) is 4. The maximum atomic E-state index is 12.0. The van der Waals surface area contributed by atoms with Gasteiger partial charge >= 0.3 is 0 Å². The molecule has 0 amide bonds. The zero-order chi connectivity index (χ0) is 16.9. The summed E-state index contributed by atoms with van der Waals surface area (Å²) in [6, 6.07) is 1.43. The highest BCUT2D eigenvalue weighted by molar-refractivity contribution is 5.31. The van der Waals surface area contributed by atoms with Gasteiger partial charge in [-0.1, -0.05) is 20.3 Å². The van der Waals surface area contributed by atoms with Crippen molar-refractivity contribution in [2.75, 3.05) is 19.7 Å². The van der Waals surface area contributed by atoms with Gasteiger partial charge in [0.1, 0.15) is 0 Å². The van der Waals surface area contributed by atoms with Gasteiger partial charge in [-0.25, -0.2) is 0 Å². The fourth-order valence-corrected chi connectivity index (χ4v) is 2.79. The van der Waals surface area contributed by atoms with Gasteiger partial charge in [-0.2, -0.15) is 0 Å². The van der Waals surface area contributed by atoms with E-state index in [1.165, 1.54) is 6.07 Å². The monoisotopic (exact) mass is 310 g/mol. The fourth-order valence-electron chi connectivity index (χ4n) is 2.79. The zero-order valence-corrected chi connectivity index (χ0v) is 14.5. The van der Waals surface area contributed by atoms with Gasteiger partial charge in [-0.3, -0.25) is 9.69 Å². The summed E-state index contributed by atoms with van der Waals surface area (Å²) in [5, 5.41) is 20.0. The second-order valence-corrected chi connectivity index (χ2v) is 6.47. The van der Waals surface area contributed by atoms with Crippen LogP contribution < -0.4 is 5.43 Å². The van der Waals surface area contributed by atoms with Crippen LogP contribution in [0.5, 0.6) is 5.75 Å². The minimum Gasteiger partial charge on any atom is -0.503 e. The van der Waals surface area contributed by atoms with E-state index >= 15 is 0 Å². The Kier molecular flexibility index (Phi) is 6.63. The van der Waals surface area contributed by atoms with Gasteiger partial charge in [0.05, 0.1) is 17.8 Å². The molecule has 1 heterocycles. The summed E-state index contributed by atoms with van der Waals surface area (Å²) >= 11 is 0. The van der Waals surface area contributed by atoms with E-state index in [-0.39, 0.29) is 17.8 Å². The Hall–Kier alpha value is -1.33. The van der Waals surface area contributed by atoms with Crippen LogP contribution in [0.1, 0.15) is 51.9 Å². The lowest BCUT2D eigenvalue weighted by Gasteiger charge is -2.33. The number of nitrogens with zero attached hydrogens (tertiary/aromatic N) is 2.